The van der Waals surface area contributed by atoms with Crippen LogP contribution in [0.5, 0.6) is 5.75 Å². The Kier molecular flexibility index (Phi) is 7.79. The summed E-state index contributed by atoms with van der Waals surface area (Å²) in [4.78, 5) is 33.9. The molecule has 0 aliphatic carbocycles. The van der Waals surface area contributed by atoms with Crippen molar-refractivity contribution in [2.75, 3.05) is 33.4 Å². The van der Waals surface area contributed by atoms with E-state index in [0.29, 0.717) is 72.3 Å². The lowest BCUT2D eigenvalue weighted by molar-refractivity contribution is -0.181. The molecule has 0 bridgehead atoms. The number of halogens is 1. The van der Waals surface area contributed by atoms with Gasteiger partial charge in [0.05, 0.1) is 37.8 Å². The Morgan fingerprint density at radius 2 is 1.83 bits per heavy atom. The molecule has 1 spiro atoms. The number of piperidine rings is 1. The van der Waals surface area contributed by atoms with Gasteiger partial charge in [-0.15, -0.1) is 0 Å². The number of hydrogen-bond acceptors (Lipinski definition) is 7. The number of para-hydroxylation sites is 1. The van der Waals surface area contributed by atoms with Crippen molar-refractivity contribution in [3.8, 4) is 5.75 Å². The van der Waals surface area contributed by atoms with Crippen molar-refractivity contribution in [1.82, 2.24) is 14.5 Å². The third-order valence-electron chi connectivity index (χ3n) is 7.57. The molecule has 212 valence electrons. The van der Waals surface area contributed by atoms with Gasteiger partial charge in [-0.2, -0.15) is 0 Å². The second kappa shape index (κ2) is 11.6. The summed E-state index contributed by atoms with van der Waals surface area (Å²) in [7, 11) is 1.59. The molecule has 3 heterocycles. The summed E-state index contributed by atoms with van der Waals surface area (Å²) in [5, 5.41) is 0.884. The molecular formula is C31H30FN3O5S. The molecule has 0 radical (unpaired) electrons. The monoisotopic (exact) mass is 575 g/mol. The van der Waals surface area contributed by atoms with Crippen molar-refractivity contribution in [3.63, 3.8) is 0 Å². The fourth-order valence-electron chi connectivity index (χ4n) is 5.38. The van der Waals surface area contributed by atoms with Gasteiger partial charge in [-0.3, -0.25) is 14.2 Å². The lowest BCUT2D eigenvalue weighted by atomic mass is 10.0. The van der Waals surface area contributed by atoms with Crippen LogP contribution in [0.2, 0.25) is 0 Å². The zero-order valence-electron chi connectivity index (χ0n) is 22.7. The van der Waals surface area contributed by atoms with E-state index in [1.807, 2.05) is 30.3 Å². The number of ether oxygens (including phenoxy) is 3. The van der Waals surface area contributed by atoms with E-state index in [0.717, 1.165) is 11.1 Å². The van der Waals surface area contributed by atoms with Crippen LogP contribution in [-0.4, -0.2) is 59.6 Å². The predicted molar refractivity (Wildman–Crippen MR) is 154 cm³/mol. The van der Waals surface area contributed by atoms with Crippen LogP contribution in [0.3, 0.4) is 0 Å². The summed E-state index contributed by atoms with van der Waals surface area (Å²) >= 11 is 1.34. The molecule has 0 unspecified atom stereocenters. The van der Waals surface area contributed by atoms with Gasteiger partial charge in [-0.05, 0) is 42.0 Å². The average Bonchev–Trinajstić information content (AvgIpc) is 3.45. The Hall–Kier alpha value is -3.73. The number of benzene rings is 3. The highest BCUT2D eigenvalue weighted by atomic mass is 32.2. The van der Waals surface area contributed by atoms with Crippen molar-refractivity contribution in [2.24, 2.45) is 0 Å². The van der Waals surface area contributed by atoms with Crippen LogP contribution in [0.4, 0.5) is 4.39 Å². The fraction of sp³-hybridized carbons (Fsp3) is 0.323. The lowest BCUT2D eigenvalue weighted by Crippen LogP contribution is -2.47. The summed E-state index contributed by atoms with van der Waals surface area (Å²) in [6, 6.07) is 18.9. The Balaban J connectivity index is 1.33. The number of aromatic nitrogens is 2. The van der Waals surface area contributed by atoms with Crippen molar-refractivity contribution in [2.45, 2.75) is 36.1 Å². The van der Waals surface area contributed by atoms with Gasteiger partial charge >= 0.3 is 0 Å². The van der Waals surface area contributed by atoms with Crippen LogP contribution in [0, 0.1) is 5.82 Å². The number of thioether (sulfide) groups is 1. The molecule has 4 aromatic rings. The van der Waals surface area contributed by atoms with Gasteiger partial charge in [0.2, 0.25) is 0 Å². The third-order valence-corrected chi connectivity index (χ3v) is 8.62. The zero-order chi connectivity index (χ0) is 28.4. The Morgan fingerprint density at radius 3 is 2.59 bits per heavy atom. The van der Waals surface area contributed by atoms with E-state index in [9.17, 15) is 14.0 Å². The Labute approximate surface area is 241 Å². The Bertz CT molecular complexity index is 1640. The first-order valence-corrected chi connectivity index (χ1v) is 14.5. The molecule has 6 rings (SSSR count). The number of carbonyl (C=O) groups excluding carboxylic acids is 1. The van der Waals surface area contributed by atoms with Crippen LogP contribution >= 0.6 is 11.8 Å². The number of rotatable bonds is 7. The quantitative estimate of drug-likeness (QED) is 0.230. The van der Waals surface area contributed by atoms with Gasteiger partial charge in [0, 0.05) is 42.8 Å². The fourth-order valence-corrected chi connectivity index (χ4v) is 6.32. The number of amides is 1. The number of carbonyl (C=O) groups is 1. The van der Waals surface area contributed by atoms with E-state index in [1.54, 1.807) is 40.8 Å². The minimum absolute atomic E-state index is 0.117. The summed E-state index contributed by atoms with van der Waals surface area (Å²) in [6.07, 6.45) is 1.25. The molecule has 0 saturated carbocycles. The Morgan fingerprint density at radius 1 is 1.05 bits per heavy atom. The smallest absolute Gasteiger partial charge is 0.262 e. The molecule has 10 heteroatoms. The number of hydrogen-bond donors (Lipinski definition) is 0. The van der Waals surface area contributed by atoms with Gasteiger partial charge in [-0.25, -0.2) is 9.37 Å². The number of nitrogens with zero attached hydrogens (tertiary/aromatic N) is 3. The van der Waals surface area contributed by atoms with Crippen LogP contribution in [0.25, 0.3) is 10.9 Å². The number of methoxy groups -OCH3 is 1. The van der Waals surface area contributed by atoms with Crippen LogP contribution < -0.4 is 10.3 Å². The van der Waals surface area contributed by atoms with E-state index >= 15 is 0 Å². The molecule has 2 fully saturated rings. The highest BCUT2D eigenvalue weighted by Gasteiger charge is 2.40. The van der Waals surface area contributed by atoms with E-state index < -0.39 is 5.79 Å². The molecule has 1 amide bonds. The first-order chi connectivity index (χ1) is 19.9. The van der Waals surface area contributed by atoms with Crippen LogP contribution in [-0.2, 0) is 21.8 Å². The average molecular weight is 576 g/mol. The molecule has 1 aromatic heterocycles. The van der Waals surface area contributed by atoms with Crippen molar-refractivity contribution < 1.29 is 23.4 Å². The maximum Gasteiger partial charge on any atom is 0.262 e. The lowest BCUT2D eigenvalue weighted by Gasteiger charge is -2.37. The van der Waals surface area contributed by atoms with Gasteiger partial charge in [-0.1, -0.05) is 42.1 Å². The summed E-state index contributed by atoms with van der Waals surface area (Å²) < 4.78 is 32.5. The molecule has 3 aromatic carbocycles. The second-order valence-corrected chi connectivity index (χ2v) is 11.1. The first-order valence-electron chi connectivity index (χ1n) is 13.6. The normalized spacial score (nSPS) is 16.4. The third kappa shape index (κ3) is 5.72. The first kappa shape index (κ1) is 27.4. The number of likely N-dealkylation sites (tertiary alicyclic amines) is 1. The van der Waals surface area contributed by atoms with Gasteiger partial charge in [0.15, 0.2) is 10.9 Å². The van der Waals surface area contributed by atoms with Crippen molar-refractivity contribution in [3.05, 3.63) is 99.6 Å². The summed E-state index contributed by atoms with van der Waals surface area (Å²) in [5.74, 6) is 0.0767. The van der Waals surface area contributed by atoms with E-state index in [1.165, 1.54) is 23.9 Å². The van der Waals surface area contributed by atoms with Gasteiger partial charge < -0.3 is 19.1 Å². The maximum atomic E-state index is 13.8. The summed E-state index contributed by atoms with van der Waals surface area (Å²) in [5.41, 5.74) is 2.29. The molecule has 0 N–H and O–H groups in total. The zero-order valence-corrected chi connectivity index (χ0v) is 23.5. The van der Waals surface area contributed by atoms with E-state index in [4.69, 9.17) is 19.2 Å². The highest BCUT2D eigenvalue weighted by molar-refractivity contribution is 7.98. The minimum Gasteiger partial charge on any atom is -0.496 e. The second-order valence-electron chi connectivity index (χ2n) is 10.1. The largest absolute Gasteiger partial charge is 0.496 e. The molecule has 8 nitrogen and oxygen atoms in total. The standard InChI is InChI=1S/C31H30FN3O5S/c1-38-27-8-3-2-6-23(27)19-35-29(37)25-10-9-22(28(36)34-13-11-31(12-14-34)39-15-16-40-31)18-26(25)33-30(35)41-20-21-5-4-7-24(32)17-21/h2-10,17-18H,11-16,19-20H2,1H3. The van der Waals surface area contributed by atoms with Crippen molar-refractivity contribution in [1.29, 1.82) is 0 Å². The molecular weight excluding hydrogens is 545 g/mol. The topological polar surface area (TPSA) is 82.9 Å². The predicted octanol–water partition coefficient (Wildman–Crippen LogP) is 4.86. The molecule has 2 saturated heterocycles. The molecule has 41 heavy (non-hydrogen) atoms. The van der Waals surface area contributed by atoms with Crippen molar-refractivity contribution >= 4 is 28.6 Å². The van der Waals surface area contributed by atoms with E-state index in [-0.39, 0.29) is 23.8 Å². The SMILES string of the molecule is COc1ccccc1Cn1c(SCc2cccc(F)c2)nc2cc(C(=O)N3CCC4(CC3)OCCO4)ccc2c1=O. The maximum absolute atomic E-state index is 13.8. The van der Waals surface area contributed by atoms with Gasteiger partial charge in [0.1, 0.15) is 11.6 Å². The summed E-state index contributed by atoms with van der Waals surface area (Å²) in [6.45, 7) is 2.47. The van der Waals surface area contributed by atoms with Crippen LogP contribution in [0.1, 0.15) is 34.3 Å². The molecule has 0 atom stereocenters. The van der Waals surface area contributed by atoms with E-state index in [2.05, 4.69) is 0 Å². The molecule has 2 aliphatic heterocycles. The highest BCUT2D eigenvalue weighted by Crippen LogP contribution is 2.32. The van der Waals surface area contributed by atoms with Gasteiger partial charge in [0.25, 0.3) is 11.5 Å². The van der Waals surface area contributed by atoms with Crippen LogP contribution in [0.15, 0.2) is 76.7 Å². The number of fused-ring (bicyclic) bond motifs is 1. The minimum atomic E-state index is -0.567. The molecule has 2 aliphatic rings.